The van der Waals surface area contributed by atoms with Crippen LogP contribution >= 0.6 is 0 Å². The number of hydrogen-bond acceptors (Lipinski definition) is 22. The average molecular weight is 1940 g/mol. The van der Waals surface area contributed by atoms with Crippen LogP contribution in [0.15, 0.2) is 207 Å². The Morgan fingerprint density at radius 1 is 0.409 bits per heavy atom. The van der Waals surface area contributed by atoms with Gasteiger partial charge in [-0.25, -0.2) is 0 Å². The van der Waals surface area contributed by atoms with E-state index in [-0.39, 0.29) is 81.0 Å². The van der Waals surface area contributed by atoms with Crippen LogP contribution in [0.25, 0.3) is 12.2 Å². The zero-order valence-corrected chi connectivity index (χ0v) is 90.7. The first-order valence-electron chi connectivity index (χ1n) is 48.8. The number of rotatable bonds is 39. The van der Waals surface area contributed by atoms with Crippen molar-refractivity contribution in [1.82, 2.24) is 0 Å². The molecule has 8 rings (SSSR count). The second-order valence-corrected chi connectivity index (χ2v) is 36.6. The molecule has 0 radical (unpaired) electrons. The first-order valence-corrected chi connectivity index (χ1v) is 50.2. The topological polar surface area (TPSA) is 258 Å². The van der Waals surface area contributed by atoms with Gasteiger partial charge in [0.25, 0.3) is 0 Å². The van der Waals surface area contributed by atoms with Crippen LogP contribution in [0.5, 0.6) is 11.5 Å². The van der Waals surface area contributed by atoms with E-state index in [1.165, 1.54) is 40.8 Å². The maximum absolute atomic E-state index is 12.2. The van der Waals surface area contributed by atoms with Gasteiger partial charge in [0.1, 0.15) is 42.8 Å². The van der Waals surface area contributed by atoms with Crippen molar-refractivity contribution in [3.63, 3.8) is 0 Å². The molecule has 0 aliphatic carbocycles. The van der Waals surface area contributed by atoms with Crippen LogP contribution < -0.4 is 8.92 Å². The van der Waals surface area contributed by atoms with E-state index in [9.17, 15) is 32.4 Å². The fourth-order valence-corrected chi connectivity index (χ4v) is 11.6. The highest BCUT2D eigenvalue weighted by Crippen LogP contribution is 2.32. The van der Waals surface area contributed by atoms with Crippen LogP contribution in [-0.4, -0.2) is 163 Å². The largest absolute Gasteiger partial charge is 0.494 e. The maximum Gasteiger partial charge on any atom is 0.339 e. The molecule has 0 saturated carbocycles. The van der Waals surface area contributed by atoms with Gasteiger partial charge in [-0.2, -0.15) is 8.42 Å². The number of allylic oxidation sites excluding steroid dienone is 2. The third-order valence-electron chi connectivity index (χ3n) is 22.0. The number of esters is 5. The minimum absolute atomic E-state index is 0.0601. The lowest BCUT2D eigenvalue weighted by molar-refractivity contribution is -0.243. The maximum atomic E-state index is 12.2. The van der Waals surface area contributed by atoms with Gasteiger partial charge in [-0.1, -0.05) is 248 Å². The second kappa shape index (κ2) is 80.6. The van der Waals surface area contributed by atoms with Crippen molar-refractivity contribution < 1.29 is 103 Å². The Morgan fingerprint density at radius 3 is 1.06 bits per heavy atom. The molecule has 0 amide bonds. The Labute approximate surface area is 830 Å². The molecule has 137 heavy (non-hydrogen) atoms. The van der Waals surface area contributed by atoms with E-state index >= 15 is 0 Å². The molecule has 0 spiro atoms. The number of carbonyl (C=O) groups excluding carboxylic acids is 5. The molecule has 2 heterocycles. The Morgan fingerprint density at radius 2 is 0.745 bits per heavy atom. The molecule has 2 fully saturated rings. The van der Waals surface area contributed by atoms with Crippen LogP contribution in [0.2, 0.25) is 0 Å². The molecule has 0 bridgehead atoms. The van der Waals surface area contributed by atoms with Crippen LogP contribution in [0.4, 0.5) is 0 Å². The van der Waals surface area contributed by atoms with Crippen LogP contribution in [0.1, 0.15) is 302 Å². The van der Waals surface area contributed by atoms with Gasteiger partial charge in [-0.15, -0.1) is 13.2 Å². The smallest absolute Gasteiger partial charge is 0.339 e. The summed E-state index contributed by atoms with van der Waals surface area (Å²) in [7, 11) is 2.52. The normalized spacial score (nSPS) is 15.7. The predicted octanol–water partition coefficient (Wildman–Crippen LogP) is 27.4. The monoisotopic (exact) mass is 1940 g/mol. The van der Waals surface area contributed by atoms with E-state index in [1.807, 2.05) is 210 Å². The van der Waals surface area contributed by atoms with Crippen LogP contribution in [0.3, 0.4) is 0 Å². The minimum Gasteiger partial charge on any atom is -0.494 e. The van der Waals surface area contributed by atoms with Gasteiger partial charge in [0.05, 0.1) is 91.6 Å². The quantitative estimate of drug-likeness (QED) is 0.0114. The molecule has 0 N–H and O–H groups in total. The van der Waals surface area contributed by atoms with E-state index in [0.717, 1.165) is 94.1 Å². The fourth-order valence-electron chi connectivity index (χ4n) is 10.7. The van der Waals surface area contributed by atoms with Gasteiger partial charge in [0.2, 0.25) is 0 Å². The Balaban J connectivity index is -0.000000720. The number of hydrogen-bond donors (Lipinski definition) is 0. The van der Waals surface area contributed by atoms with Crippen molar-refractivity contribution in [1.29, 1.82) is 0 Å². The Bertz CT molecular complexity index is 3990. The van der Waals surface area contributed by atoms with E-state index in [4.69, 9.17) is 70.5 Å². The molecule has 6 aromatic rings. The standard InChI is InChI=1S/C18H20O3S.C14H20O2.C13H18O2.C12H18O.4C9H18O3.C8H8.C7H14O2.2C3H6/c1-4-14(3)16-8-10-17(11-9-16)21-22(19,20)18-12-6-15(5-2)7-13-18;1-3-13-9-11(2)15-14(16-13)10-12-7-5-4-6-8-12;1-3-12-9-10(2)14-13(15-12)11-7-5-4-6-8-11;1-4-10(3)11-6-8-12(9-7-11)13-5-2;4*1-5-9(2,3)8(10)12-7-6-11-4;1-2-8-6-4-3-5-7-8;1-4-6(3)7(8)9-5-2;2*1-3-2/h5-14H,2,4H2,1,3H3;4-8,11,13-14H,3,9-10H2,1-2H3;4-8,10,12-13H,3,9H2,1-2H3;6-10H,4-5H2,1-3H3;4*5-7H2,1-4H3;2-7H,1H2;6H,4-5H2,1-3H3;2*3H,1H2,2H3. The van der Waals surface area contributed by atoms with Crippen molar-refractivity contribution in [2.45, 2.75) is 311 Å². The van der Waals surface area contributed by atoms with Crippen LogP contribution in [0, 0.1) is 27.6 Å². The summed E-state index contributed by atoms with van der Waals surface area (Å²) in [6.45, 7) is 70.1. The summed E-state index contributed by atoms with van der Waals surface area (Å²) in [5, 5.41) is 0. The zero-order chi connectivity index (χ0) is 105. The number of ether oxygens (including phenoxy) is 14. The summed E-state index contributed by atoms with van der Waals surface area (Å²) < 4.78 is 102. The first-order chi connectivity index (χ1) is 64.9. The molecule has 6 aromatic carbocycles. The molecule has 9 unspecified atom stereocenters. The molecule has 2 aliphatic rings. The molecular formula is C114H182O22S. The highest BCUT2D eigenvalue weighted by molar-refractivity contribution is 7.87. The molecule has 0 aromatic heterocycles. The van der Waals surface area contributed by atoms with Gasteiger partial charge < -0.3 is 70.5 Å². The van der Waals surface area contributed by atoms with Gasteiger partial charge in [-0.05, 0) is 244 Å². The molecule has 776 valence electrons. The van der Waals surface area contributed by atoms with Crippen molar-refractivity contribution in [3.8, 4) is 11.5 Å². The summed E-state index contributed by atoms with van der Waals surface area (Å²) in [6.07, 6.45) is 19.3. The van der Waals surface area contributed by atoms with E-state index in [1.54, 1.807) is 70.9 Å². The lowest BCUT2D eigenvalue weighted by Gasteiger charge is -2.34. The van der Waals surface area contributed by atoms with Gasteiger partial charge in [-0.3, -0.25) is 24.0 Å². The van der Waals surface area contributed by atoms with Crippen molar-refractivity contribution in [2.24, 2.45) is 27.6 Å². The average Bonchev–Trinajstić information content (AvgIpc) is 0.828. The third-order valence-corrected chi connectivity index (χ3v) is 23.3. The Kier molecular flexibility index (Phi) is 79.0. The van der Waals surface area contributed by atoms with E-state index < -0.39 is 10.1 Å². The highest BCUT2D eigenvalue weighted by atomic mass is 32.2. The summed E-state index contributed by atoms with van der Waals surface area (Å²) >= 11 is 0. The highest BCUT2D eigenvalue weighted by Gasteiger charge is 2.32. The third kappa shape index (κ3) is 63.9. The fraction of sp³-hybridized carbons (Fsp3) is 0.570. The van der Waals surface area contributed by atoms with Gasteiger partial charge in [0, 0.05) is 40.4 Å². The molecule has 22 nitrogen and oxygen atoms in total. The van der Waals surface area contributed by atoms with E-state index in [2.05, 4.69) is 130 Å². The molecule has 9 atom stereocenters. The first kappa shape index (κ1) is 134. The SMILES string of the molecule is C=CC.C=CC.C=Cc1ccc(S(=O)(=O)Oc2ccc(C(C)CC)cc2)cc1.C=Cc1ccccc1.CCC(C)(C)C(=O)OCCOC.CCC(C)(C)C(=O)OCCOC.CCC(C)(C)C(=O)OCCOC.CCC(C)(C)C(=O)OCCOC.CCC1CC(C)OC(Cc2ccccc2)O1.CCC1CC(C)OC(c2ccccc2)O1.CCOC(=O)C(C)CC.CCOc1ccc(C(C)CC)cc1. The van der Waals surface area contributed by atoms with Crippen LogP contribution in [-0.2, 0) is 102 Å². The summed E-state index contributed by atoms with van der Waals surface area (Å²) in [4.78, 5) is 56.1. The van der Waals surface area contributed by atoms with Crippen molar-refractivity contribution in [2.75, 3.05) is 94.5 Å². The van der Waals surface area contributed by atoms with Gasteiger partial charge >= 0.3 is 40.0 Å². The number of benzene rings is 6. The van der Waals surface area contributed by atoms with Crippen molar-refractivity contribution in [3.05, 3.63) is 236 Å². The lowest BCUT2D eigenvalue weighted by Crippen LogP contribution is -2.37. The number of carbonyl (C=O) groups is 5. The predicted molar refractivity (Wildman–Crippen MR) is 562 cm³/mol. The van der Waals surface area contributed by atoms with Gasteiger partial charge in [0.15, 0.2) is 12.6 Å². The van der Waals surface area contributed by atoms with Crippen molar-refractivity contribution >= 4 is 52.1 Å². The molecule has 2 saturated heterocycles. The zero-order valence-electron chi connectivity index (χ0n) is 89.9. The molecular weight excluding hydrogens is 1750 g/mol. The Hall–Kier alpha value is -9.14. The molecule has 23 heteroatoms. The second-order valence-electron chi connectivity index (χ2n) is 35.0. The summed E-state index contributed by atoms with van der Waals surface area (Å²) in [5.74, 6) is 1.75. The lowest BCUT2D eigenvalue weighted by atomic mass is 9.91. The summed E-state index contributed by atoms with van der Waals surface area (Å²) in [6, 6.07) is 52.5. The summed E-state index contributed by atoms with van der Waals surface area (Å²) in [5.41, 5.74) is 5.51. The minimum atomic E-state index is -3.81. The van der Waals surface area contributed by atoms with E-state index in [0.29, 0.717) is 95.4 Å². The molecule has 2 aliphatic heterocycles. The number of methoxy groups -OCH3 is 4.